The molecule has 1 aromatic heterocycles. The van der Waals surface area contributed by atoms with Gasteiger partial charge in [-0.25, -0.2) is 9.78 Å². The van der Waals surface area contributed by atoms with Gasteiger partial charge in [-0.3, -0.25) is 4.79 Å². The molecule has 3 rings (SSSR count). The van der Waals surface area contributed by atoms with Crippen molar-refractivity contribution in [1.82, 2.24) is 9.97 Å². The molecule has 0 aliphatic heterocycles. The lowest BCUT2D eigenvalue weighted by Gasteiger charge is -2.21. The van der Waals surface area contributed by atoms with Crippen molar-refractivity contribution in [1.29, 1.82) is 0 Å². The summed E-state index contributed by atoms with van der Waals surface area (Å²) in [5, 5.41) is 0. The van der Waals surface area contributed by atoms with Gasteiger partial charge in [0.15, 0.2) is 5.69 Å². The smallest absolute Gasteiger partial charge is 0.481 e. The van der Waals surface area contributed by atoms with Crippen molar-refractivity contribution in [3.63, 3.8) is 0 Å². The molecule has 10 nitrogen and oxygen atoms in total. The standard InChI is InChI=1S/C26H25F3N2O8S/c1-16(32)37-19-12-10-17(11-13-19)14-20-30-21(24(33)38-25(2,3)4)22(36-15-18-8-6-5-7-9-18)23(31-20)39-40(34,35)26(27,28)29/h5-13H,14-15H2,1-4H3. The predicted molar refractivity (Wildman–Crippen MR) is 134 cm³/mol. The number of rotatable bonds is 9. The molecule has 40 heavy (non-hydrogen) atoms. The number of hydrogen-bond donors (Lipinski definition) is 0. The predicted octanol–water partition coefficient (Wildman–Crippen LogP) is 4.76. The number of aromatic nitrogens is 2. The summed E-state index contributed by atoms with van der Waals surface area (Å²) < 4.78 is 83.8. The number of hydrogen-bond acceptors (Lipinski definition) is 10. The van der Waals surface area contributed by atoms with Gasteiger partial charge in [0.1, 0.15) is 23.8 Å². The van der Waals surface area contributed by atoms with E-state index in [9.17, 15) is 31.2 Å². The van der Waals surface area contributed by atoms with Crippen molar-refractivity contribution in [2.75, 3.05) is 0 Å². The van der Waals surface area contributed by atoms with E-state index in [1.54, 1.807) is 51.1 Å². The molecule has 0 radical (unpaired) electrons. The van der Waals surface area contributed by atoms with E-state index >= 15 is 0 Å². The average molecular weight is 583 g/mol. The normalized spacial score (nSPS) is 12.0. The molecule has 0 amide bonds. The third-order valence-electron chi connectivity index (χ3n) is 4.72. The molecule has 0 saturated heterocycles. The van der Waals surface area contributed by atoms with Crippen molar-refractivity contribution in [2.45, 2.75) is 51.8 Å². The number of ether oxygens (including phenoxy) is 3. The monoisotopic (exact) mass is 582 g/mol. The number of carbonyl (C=O) groups excluding carboxylic acids is 2. The number of esters is 2. The Labute approximate surface area is 228 Å². The third kappa shape index (κ3) is 8.40. The summed E-state index contributed by atoms with van der Waals surface area (Å²) in [6.07, 6.45) is -0.183. The molecule has 3 aromatic rings. The van der Waals surface area contributed by atoms with Gasteiger partial charge in [0.25, 0.3) is 5.88 Å². The molecule has 14 heteroatoms. The molecule has 0 bridgehead atoms. The van der Waals surface area contributed by atoms with E-state index in [1.807, 2.05) is 0 Å². The van der Waals surface area contributed by atoms with E-state index in [0.29, 0.717) is 11.1 Å². The van der Waals surface area contributed by atoms with Gasteiger partial charge < -0.3 is 18.4 Å². The molecule has 0 fully saturated rings. The van der Waals surface area contributed by atoms with E-state index in [-0.39, 0.29) is 24.6 Å². The first-order valence-corrected chi connectivity index (χ1v) is 13.0. The highest BCUT2D eigenvalue weighted by molar-refractivity contribution is 7.88. The van der Waals surface area contributed by atoms with Crippen LogP contribution in [0.5, 0.6) is 17.4 Å². The van der Waals surface area contributed by atoms with E-state index in [1.165, 1.54) is 31.2 Å². The van der Waals surface area contributed by atoms with Gasteiger partial charge in [0, 0.05) is 13.3 Å². The van der Waals surface area contributed by atoms with Crippen molar-refractivity contribution >= 4 is 22.1 Å². The van der Waals surface area contributed by atoms with Gasteiger partial charge in [-0.1, -0.05) is 42.5 Å². The zero-order chi connectivity index (χ0) is 29.7. The molecule has 214 valence electrons. The van der Waals surface area contributed by atoms with Gasteiger partial charge in [-0.2, -0.15) is 26.6 Å². The Bertz CT molecular complexity index is 1470. The molecule has 2 aromatic carbocycles. The van der Waals surface area contributed by atoms with Crippen LogP contribution in [0.4, 0.5) is 13.2 Å². The first-order valence-electron chi connectivity index (χ1n) is 11.6. The van der Waals surface area contributed by atoms with Crippen molar-refractivity contribution in [2.24, 2.45) is 0 Å². The molecule has 0 saturated carbocycles. The number of nitrogens with zero attached hydrogens (tertiary/aromatic N) is 2. The maximum absolute atomic E-state index is 13.2. The molecule has 0 N–H and O–H groups in total. The summed E-state index contributed by atoms with van der Waals surface area (Å²) in [6.45, 7) is 5.58. The first kappa shape index (κ1) is 30.3. The summed E-state index contributed by atoms with van der Waals surface area (Å²) in [5.74, 6) is -3.59. The van der Waals surface area contributed by atoms with Gasteiger partial charge >= 0.3 is 27.6 Å². The average Bonchev–Trinajstić information content (AvgIpc) is 2.82. The minimum Gasteiger partial charge on any atom is -0.481 e. The Morgan fingerprint density at radius 3 is 2.08 bits per heavy atom. The largest absolute Gasteiger partial charge is 0.534 e. The number of benzene rings is 2. The van der Waals surface area contributed by atoms with Crippen LogP contribution in [0.2, 0.25) is 0 Å². The second-order valence-electron chi connectivity index (χ2n) is 9.30. The number of halogens is 3. The van der Waals surface area contributed by atoms with E-state index in [4.69, 9.17) is 14.2 Å². The second kappa shape index (κ2) is 11.9. The van der Waals surface area contributed by atoms with Crippen LogP contribution in [-0.2, 0) is 32.7 Å². The lowest BCUT2D eigenvalue weighted by molar-refractivity contribution is -0.131. The summed E-state index contributed by atoms with van der Waals surface area (Å²) in [6, 6.07) is 14.3. The molecule has 0 aliphatic rings. The molecule has 0 aliphatic carbocycles. The van der Waals surface area contributed by atoms with Crippen LogP contribution < -0.4 is 13.7 Å². The highest BCUT2D eigenvalue weighted by Crippen LogP contribution is 2.35. The summed E-state index contributed by atoms with van der Waals surface area (Å²) in [4.78, 5) is 32.2. The summed E-state index contributed by atoms with van der Waals surface area (Å²) in [5.41, 5.74) is -6.47. The molecule has 1 heterocycles. The minimum absolute atomic E-state index is 0.183. The van der Waals surface area contributed by atoms with Crippen LogP contribution in [0.25, 0.3) is 0 Å². The maximum atomic E-state index is 13.2. The summed E-state index contributed by atoms with van der Waals surface area (Å²) >= 11 is 0. The van der Waals surface area contributed by atoms with E-state index in [2.05, 4.69) is 14.2 Å². The fraction of sp³-hybridized carbons (Fsp3) is 0.308. The van der Waals surface area contributed by atoms with Crippen molar-refractivity contribution in [3.8, 4) is 17.4 Å². The molecular weight excluding hydrogens is 557 g/mol. The summed E-state index contributed by atoms with van der Waals surface area (Å²) in [7, 11) is -6.21. The van der Waals surface area contributed by atoms with Crippen LogP contribution in [0.1, 0.15) is 55.1 Å². The Hall–Kier alpha value is -4.20. The number of alkyl halides is 3. The first-order chi connectivity index (χ1) is 18.5. The van der Waals surface area contributed by atoms with Gasteiger partial charge in [-0.15, -0.1) is 0 Å². The SMILES string of the molecule is CC(=O)Oc1ccc(Cc2nc(OS(=O)(=O)C(F)(F)F)c(OCc3ccccc3)c(C(=O)OC(C)(C)C)n2)cc1. The van der Waals surface area contributed by atoms with Crippen LogP contribution >= 0.6 is 0 Å². The third-order valence-corrected chi connectivity index (χ3v) is 5.66. The molecule has 0 spiro atoms. The van der Waals surface area contributed by atoms with E-state index < -0.39 is 50.5 Å². The zero-order valence-corrected chi connectivity index (χ0v) is 22.6. The Kier molecular flexibility index (Phi) is 9.03. The van der Waals surface area contributed by atoms with Crippen LogP contribution in [0.15, 0.2) is 54.6 Å². The topological polar surface area (TPSA) is 131 Å². The zero-order valence-electron chi connectivity index (χ0n) is 21.8. The number of carbonyl (C=O) groups is 2. The van der Waals surface area contributed by atoms with Crippen LogP contribution in [-0.4, -0.2) is 41.4 Å². The maximum Gasteiger partial charge on any atom is 0.534 e. The molecule has 0 unspecified atom stereocenters. The quantitative estimate of drug-likeness (QED) is 0.151. The van der Waals surface area contributed by atoms with Gasteiger partial charge in [0.2, 0.25) is 5.75 Å². The Morgan fingerprint density at radius 2 is 1.52 bits per heavy atom. The minimum atomic E-state index is -6.21. The Balaban J connectivity index is 2.12. The van der Waals surface area contributed by atoms with Gasteiger partial charge in [0.05, 0.1) is 0 Å². The fourth-order valence-electron chi connectivity index (χ4n) is 3.11. The van der Waals surface area contributed by atoms with Crippen LogP contribution in [0, 0.1) is 0 Å². The van der Waals surface area contributed by atoms with Crippen molar-refractivity contribution in [3.05, 3.63) is 77.2 Å². The van der Waals surface area contributed by atoms with E-state index in [0.717, 1.165) is 0 Å². The highest BCUT2D eigenvalue weighted by Gasteiger charge is 2.49. The molecular formula is C26H25F3N2O8S. The lowest BCUT2D eigenvalue weighted by Crippen LogP contribution is -2.29. The lowest BCUT2D eigenvalue weighted by atomic mass is 10.1. The van der Waals surface area contributed by atoms with Gasteiger partial charge in [-0.05, 0) is 44.0 Å². The Morgan fingerprint density at radius 1 is 0.900 bits per heavy atom. The van der Waals surface area contributed by atoms with Crippen LogP contribution in [0.3, 0.4) is 0 Å². The second-order valence-corrected chi connectivity index (χ2v) is 10.8. The molecule has 0 atom stereocenters. The fourth-order valence-corrected chi connectivity index (χ4v) is 3.52. The van der Waals surface area contributed by atoms with Crippen molar-refractivity contribution < 1.29 is 49.6 Å². The highest BCUT2D eigenvalue weighted by atomic mass is 32.2.